The van der Waals surface area contributed by atoms with Crippen LogP contribution in [0.25, 0.3) is 0 Å². The lowest BCUT2D eigenvalue weighted by Crippen LogP contribution is -2.13. The van der Waals surface area contributed by atoms with Gasteiger partial charge in [-0.25, -0.2) is 0 Å². The van der Waals surface area contributed by atoms with E-state index in [0.717, 1.165) is 16.8 Å². The highest BCUT2D eigenvalue weighted by Crippen LogP contribution is 2.19. The maximum absolute atomic E-state index is 12.3. The van der Waals surface area contributed by atoms with Crippen molar-refractivity contribution in [3.63, 3.8) is 0 Å². The molecule has 0 aliphatic rings. The third-order valence-electron chi connectivity index (χ3n) is 3.05. The molecule has 0 aliphatic carbocycles. The first-order valence-corrected chi connectivity index (χ1v) is 6.71. The van der Waals surface area contributed by atoms with E-state index in [-0.39, 0.29) is 5.91 Å². The number of amides is 1. The van der Waals surface area contributed by atoms with Crippen LogP contribution in [-0.4, -0.2) is 12.5 Å². The molecule has 0 atom stereocenters. The number of rotatable bonds is 4. The second-order valence-corrected chi connectivity index (χ2v) is 4.73. The number of nitrogens with one attached hydrogen (secondary N) is 1. The van der Waals surface area contributed by atoms with Gasteiger partial charge in [-0.1, -0.05) is 18.2 Å². The van der Waals surface area contributed by atoms with Crippen molar-refractivity contribution in [2.45, 2.75) is 20.8 Å². The molecule has 0 bridgehead atoms. The van der Waals surface area contributed by atoms with Gasteiger partial charge in [0.2, 0.25) is 0 Å². The van der Waals surface area contributed by atoms with Gasteiger partial charge in [0.15, 0.2) is 0 Å². The molecule has 0 unspecified atom stereocenters. The molecule has 0 heterocycles. The van der Waals surface area contributed by atoms with Gasteiger partial charge in [-0.3, -0.25) is 4.79 Å². The number of aryl methyl sites for hydroxylation is 2. The zero-order valence-corrected chi connectivity index (χ0v) is 12.1. The Morgan fingerprint density at radius 3 is 2.70 bits per heavy atom. The van der Waals surface area contributed by atoms with E-state index in [1.165, 1.54) is 0 Å². The Kier molecular flexibility index (Phi) is 4.41. The van der Waals surface area contributed by atoms with E-state index >= 15 is 0 Å². The summed E-state index contributed by atoms with van der Waals surface area (Å²) >= 11 is 0. The SMILES string of the molecule is CCOc1cccc(C(=O)Nc2cc(C)ccc2C)c1. The van der Waals surface area contributed by atoms with Crippen molar-refractivity contribution in [2.75, 3.05) is 11.9 Å². The molecule has 3 nitrogen and oxygen atoms in total. The Morgan fingerprint density at radius 2 is 1.95 bits per heavy atom. The number of hydrogen-bond acceptors (Lipinski definition) is 2. The fourth-order valence-corrected chi connectivity index (χ4v) is 1.96. The number of carbonyl (C=O) groups is 1. The lowest BCUT2D eigenvalue weighted by molar-refractivity contribution is 0.102. The van der Waals surface area contributed by atoms with Crippen molar-refractivity contribution in [3.05, 3.63) is 59.2 Å². The third kappa shape index (κ3) is 3.38. The molecule has 2 aromatic rings. The molecule has 104 valence electrons. The van der Waals surface area contributed by atoms with Crippen molar-refractivity contribution in [3.8, 4) is 5.75 Å². The molecular formula is C17H19NO2. The van der Waals surface area contributed by atoms with Crippen LogP contribution in [-0.2, 0) is 0 Å². The van der Waals surface area contributed by atoms with Crippen molar-refractivity contribution >= 4 is 11.6 Å². The van der Waals surface area contributed by atoms with Crippen LogP contribution in [0.5, 0.6) is 5.75 Å². The second kappa shape index (κ2) is 6.24. The van der Waals surface area contributed by atoms with E-state index in [9.17, 15) is 4.79 Å². The molecule has 2 rings (SSSR count). The van der Waals surface area contributed by atoms with Crippen molar-refractivity contribution in [2.24, 2.45) is 0 Å². The number of ether oxygens (including phenoxy) is 1. The predicted octanol–water partition coefficient (Wildman–Crippen LogP) is 3.95. The molecular weight excluding hydrogens is 250 g/mol. The first kappa shape index (κ1) is 14.1. The normalized spacial score (nSPS) is 10.2. The van der Waals surface area contributed by atoms with Crippen LogP contribution >= 0.6 is 0 Å². The molecule has 0 aromatic heterocycles. The largest absolute Gasteiger partial charge is 0.494 e. The second-order valence-electron chi connectivity index (χ2n) is 4.73. The average molecular weight is 269 g/mol. The monoisotopic (exact) mass is 269 g/mol. The highest BCUT2D eigenvalue weighted by molar-refractivity contribution is 6.04. The van der Waals surface area contributed by atoms with Gasteiger partial charge in [0.25, 0.3) is 5.91 Å². The maximum atomic E-state index is 12.3. The summed E-state index contributed by atoms with van der Waals surface area (Å²) in [5, 5.41) is 2.94. The van der Waals surface area contributed by atoms with E-state index in [2.05, 4.69) is 5.32 Å². The molecule has 0 saturated heterocycles. The summed E-state index contributed by atoms with van der Waals surface area (Å²) in [6.45, 7) is 6.49. The molecule has 0 saturated carbocycles. The summed E-state index contributed by atoms with van der Waals surface area (Å²) < 4.78 is 5.41. The Labute approximate surface area is 119 Å². The fourth-order valence-electron chi connectivity index (χ4n) is 1.96. The van der Waals surface area contributed by atoms with Gasteiger partial charge in [0.1, 0.15) is 5.75 Å². The van der Waals surface area contributed by atoms with Gasteiger partial charge in [0, 0.05) is 11.3 Å². The van der Waals surface area contributed by atoms with Gasteiger partial charge in [-0.15, -0.1) is 0 Å². The van der Waals surface area contributed by atoms with Crippen LogP contribution in [0.4, 0.5) is 5.69 Å². The summed E-state index contributed by atoms with van der Waals surface area (Å²) in [6.07, 6.45) is 0. The van der Waals surface area contributed by atoms with Crippen LogP contribution in [0.3, 0.4) is 0 Å². The molecule has 3 heteroatoms. The summed E-state index contributed by atoms with van der Waals surface area (Å²) in [5.41, 5.74) is 3.60. The maximum Gasteiger partial charge on any atom is 0.255 e. The minimum absolute atomic E-state index is 0.125. The molecule has 1 amide bonds. The molecule has 0 aliphatic heterocycles. The summed E-state index contributed by atoms with van der Waals surface area (Å²) in [7, 11) is 0. The third-order valence-corrected chi connectivity index (χ3v) is 3.05. The van der Waals surface area contributed by atoms with Crippen molar-refractivity contribution in [1.29, 1.82) is 0 Å². The molecule has 1 N–H and O–H groups in total. The standard InChI is InChI=1S/C17H19NO2/c1-4-20-15-7-5-6-14(11-15)17(19)18-16-10-12(2)8-9-13(16)3/h5-11H,4H2,1-3H3,(H,18,19). The highest BCUT2D eigenvalue weighted by atomic mass is 16.5. The van der Waals surface area contributed by atoms with E-state index in [1.807, 2.05) is 51.1 Å². The molecule has 0 radical (unpaired) electrons. The minimum Gasteiger partial charge on any atom is -0.494 e. The zero-order chi connectivity index (χ0) is 14.5. The fraction of sp³-hybridized carbons (Fsp3) is 0.235. The first-order valence-electron chi connectivity index (χ1n) is 6.71. The minimum atomic E-state index is -0.125. The highest BCUT2D eigenvalue weighted by Gasteiger charge is 2.08. The number of anilines is 1. The lowest BCUT2D eigenvalue weighted by Gasteiger charge is -2.10. The van der Waals surface area contributed by atoms with E-state index < -0.39 is 0 Å². The number of benzene rings is 2. The Hall–Kier alpha value is -2.29. The molecule has 2 aromatic carbocycles. The van der Waals surface area contributed by atoms with Crippen LogP contribution in [0.15, 0.2) is 42.5 Å². The van der Waals surface area contributed by atoms with Gasteiger partial charge in [-0.05, 0) is 56.2 Å². The van der Waals surface area contributed by atoms with Gasteiger partial charge >= 0.3 is 0 Å². The quantitative estimate of drug-likeness (QED) is 0.912. The van der Waals surface area contributed by atoms with Crippen LogP contribution in [0, 0.1) is 13.8 Å². The molecule has 0 fully saturated rings. The van der Waals surface area contributed by atoms with E-state index in [1.54, 1.807) is 12.1 Å². The smallest absolute Gasteiger partial charge is 0.255 e. The Balaban J connectivity index is 2.19. The first-order chi connectivity index (χ1) is 9.60. The number of hydrogen-bond donors (Lipinski definition) is 1. The van der Waals surface area contributed by atoms with Crippen LogP contribution < -0.4 is 10.1 Å². The van der Waals surface area contributed by atoms with Crippen LogP contribution in [0.1, 0.15) is 28.4 Å². The van der Waals surface area contributed by atoms with Crippen molar-refractivity contribution < 1.29 is 9.53 Å². The Bertz CT molecular complexity index is 620. The average Bonchev–Trinajstić information content (AvgIpc) is 2.43. The zero-order valence-electron chi connectivity index (χ0n) is 12.1. The predicted molar refractivity (Wildman–Crippen MR) is 81.5 cm³/mol. The van der Waals surface area contributed by atoms with Gasteiger partial charge < -0.3 is 10.1 Å². The lowest BCUT2D eigenvalue weighted by atomic mass is 10.1. The van der Waals surface area contributed by atoms with Crippen LogP contribution in [0.2, 0.25) is 0 Å². The van der Waals surface area contributed by atoms with E-state index in [0.29, 0.717) is 17.9 Å². The Morgan fingerprint density at radius 1 is 1.15 bits per heavy atom. The topological polar surface area (TPSA) is 38.3 Å². The number of carbonyl (C=O) groups excluding carboxylic acids is 1. The van der Waals surface area contributed by atoms with Gasteiger partial charge in [0.05, 0.1) is 6.61 Å². The molecule has 20 heavy (non-hydrogen) atoms. The van der Waals surface area contributed by atoms with Gasteiger partial charge in [-0.2, -0.15) is 0 Å². The summed E-state index contributed by atoms with van der Waals surface area (Å²) in [6, 6.07) is 13.2. The van der Waals surface area contributed by atoms with E-state index in [4.69, 9.17) is 4.74 Å². The van der Waals surface area contributed by atoms with Crippen molar-refractivity contribution in [1.82, 2.24) is 0 Å². The summed E-state index contributed by atoms with van der Waals surface area (Å²) in [5.74, 6) is 0.585. The summed E-state index contributed by atoms with van der Waals surface area (Å²) in [4.78, 5) is 12.3. The molecule has 0 spiro atoms.